The van der Waals surface area contributed by atoms with Crippen LogP contribution in [0.4, 0.5) is 10.5 Å². The first kappa shape index (κ1) is 14.7. The number of amides is 2. The largest absolute Gasteiger partial charge is 0.478 e. The van der Waals surface area contributed by atoms with E-state index < -0.39 is 5.97 Å². The summed E-state index contributed by atoms with van der Waals surface area (Å²) in [6.45, 7) is 2.79. The summed E-state index contributed by atoms with van der Waals surface area (Å²) in [4.78, 5) is 22.5. The van der Waals surface area contributed by atoms with E-state index in [1.165, 1.54) is 18.6 Å². The lowest BCUT2D eigenvalue weighted by Gasteiger charge is -2.22. The molecule has 0 saturated carbocycles. The number of benzene rings is 1. The summed E-state index contributed by atoms with van der Waals surface area (Å²) in [5, 5.41) is 14.4. The van der Waals surface area contributed by atoms with E-state index in [0.29, 0.717) is 12.2 Å². The molecule has 20 heavy (non-hydrogen) atoms. The SMILES string of the molecule is CC1(CNC(=O)Nc2ccc(C(=O)O)cc2)CCCS1. The zero-order valence-corrected chi connectivity index (χ0v) is 12.1. The predicted molar refractivity (Wildman–Crippen MR) is 80.5 cm³/mol. The fourth-order valence-electron chi connectivity index (χ4n) is 2.11. The summed E-state index contributed by atoms with van der Waals surface area (Å²) >= 11 is 1.89. The molecule has 1 saturated heterocycles. The molecule has 1 fully saturated rings. The van der Waals surface area contributed by atoms with E-state index >= 15 is 0 Å². The molecule has 1 aliphatic rings. The number of nitrogens with one attached hydrogen (secondary N) is 2. The standard InChI is InChI=1S/C14H18N2O3S/c1-14(7-2-8-20-14)9-15-13(19)16-11-5-3-10(4-6-11)12(17)18/h3-6H,2,7-9H2,1H3,(H,17,18)(H2,15,16,19). The second-order valence-corrected chi connectivity index (χ2v) is 6.77. The maximum atomic E-state index is 11.8. The van der Waals surface area contributed by atoms with Crippen LogP contribution in [-0.2, 0) is 0 Å². The van der Waals surface area contributed by atoms with E-state index in [-0.39, 0.29) is 16.3 Å². The van der Waals surface area contributed by atoms with Crippen molar-refractivity contribution in [1.82, 2.24) is 5.32 Å². The number of rotatable bonds is 4. The molecule has 0 bridgehead atoms. The first-order chi connectivity index (χ1) is 9.48. The van der Waals surface area contributed by atoms with Crippen LogP contribution in [0.2, 0.25) is 0 Å². The van der Waals surface area contributed by atoms with Gasteiger partial charge in [0.05, 0.1) is 5.56 Å². The quantitative estimate of drug-likeness (QED) is 0.798. The Balaban J connectivity index is 1.83. The van der Waals surface area contributed by atoms with E-state index in [9.17, 15) is 9.59 Å². The Labute approximate surface area is 122 Å². The summed E-state index contributed by atoms with van der Waals surface area (Å²) in [6.07, 6.45) is 2.31. The van der Waals surface area contributed by atoms with Crippen molar-refractivity contribution >= 4 is 29.4 Å². The molecule has 1 aromatic carbocycles. The molecule has 0 aliphatic carbocycles. The summed E-state index contributed by atoms with van der Waals surface area (Å²) in [5.41, 5.74) is 0.780. The number of urea groups is 1. The fourth-order valence-corrected chi connectivity index (χ4v) is 3.36. The summed E-state index contributed by atoms with van der Waals surface area (Å²) < 4.78 is 0.129. The Kier molecular flexibility index (Phi) is 4.54. The number of hydrogen-bond donors (Lipinski definition) is 3. The van der Waals surface area contributed by atoms with Crippen LogP contribution >= 0.6 is 11.8 Å². The third-order valence-electron chi connectivity index (χ3n) is 3.31. The smallest absolute Gasteiger partial charge is 0.335 e. The van der Waals surface area contributed by atoms with Gasteiger partial charge in [-0.05, 0) is 49.8 Å². The van der Waals surface area contributed by atoms with Crippen molar-refractivity contribution in [3.05, 3.63) is 29.8 Å². The van der Waals surface area contributed by atoms with Gasteiger partial charge < -0.3 is 15.7 Å². The maximum Gasteiger partial charge on any atom is 0.335 e. The van der Waals surface area contributed by atoms with E-state index in [2.05, 4.69) is 17.6 Å². The van der Waals surface area contributed by atoms with Gasteiger partial charge in [-0.1, -0.05) is 0 Å². The lowest BCUT2D eigenvalue weighted by atomic mass is 10.1. The zero-order chi connectivity index (χ0) is 14.6. The lowest BCUT2D eigenvalue weighted by molar-refractivity contribution is 0.0697. The van der Waals surface area contributed by atoms with Gasteiger partial charge in [0.1, 0.15) is 0 Å². The van der Waals surface area contributed by atoms with E-state index in [0.717, 1.165) is 12.2 Å². The Morgan fingerprint density at radius 3 is 2.60 bits per heavy atom. The highest BCUT2D eigenvalue weighted by Gasteiger charge is 2.29. The Morgan fingerprint density at radius 2 is 2.05 bits per heavy atom. The number of hydrogen-bond acceptors (Lipinski definition) is 3. The highest BCUT2D eigenvalue weighted by atomic mass is 32.2. The van der Waals surface area contributed by atoms with Crippen LogP contribution in [0.25, 0.3) is 0 Å². The highest BCUT2D eigenvalue weighted by molar-refractivity contribution is 8.00. The molecule has 6 heteroatoms. The molecule has 2 rings (SSSR count). The van der Waals surface area contributed by atoms with Gasteiger partial charge in [-0.25, -0.2) is 9.59 Å². The monoisotopic (exact) mass is 294 g/mol. The van der Waals surface area contributed by atoms with Crippen molar-refractivity contribution in [3.63, 3.8) is 0 Å². The van der Waals surface area contributed by atoms with Gasteiger partial charge in [-0.2, -0.15) is 11.8 Å². The van der Waals surface area contributed by atoms with Crippen molar-refractivity contribution < 1.29 is 14.7 Å². The molecule has 2 amide bonds. The van der Waals surface area contributed by atoms with Crippen molar-refractivity contribution in [1.29, 1.82) is 0 Å². The number of anilines is 1. The van der Waals surface area contributed by atoms with Crippen molar-refractivity contribution in [2.75, 3.05) is 17.6 Å². The van der Waals surface area contributed by atoms with Gasteiger partial charge in [0.15, 0.2) is 0 Å². The zero-order valence-electron chi connectivity index (χ0n) is 11.3. The van der Waals surface area contributed by atoms with Gasteiger partial charge in [-0.3, -0.25) is 0 Å². The van der Waals surface area contributed by atoms with Crippen molar-refractivity contribution in [2.24, 2.45) is 0 Å². The maximum absolute atomic E-state index is 11.8. The van der Waals surface area contributed by atoms with Crippen LogP contribution in [0, 0.1) is 0 Å². The minimum Gasteiger partial charge on any atom is -0.478 e. The Morgan fingerprint density at radius 1 is 1.35 bits per heavy atom. The number of carbonyl (C=O) groups is 2. The fraction of sp³-hybridized carbons (Fsp3) is 0.429. The minimum atomic E-state index is -0.979. The Bertz CT molecular complexity index is 496. The number of carboxylic acids is 1. The normalized spacial score (nSPS) is 21.4. The number of carbonyl (C=O) groups excluding carboxylic acids is 1. The second kappa shape index (κ2) is 6.17. The summed E-state index contributed by atoms with van der Waals surface area (Å²) in [5.74, 6) is 0.170. The van der Waals surface area contributed by atoms with E-state index in [4.69, 9.17) is 5.11 Å². The molecular formula is C14H18N2O3S. The van der Waals surface area contributed by atoms with E-state index in [1.807, 2.05) is 11.8 Å². The molecule has 1 aromatic rings. The minimum absolute atomic E-state index is 0.129. The molecular weight excluding hydrogens is 276 g/mol. The number of thioether (sulfide) groups is 1. The van der Waals surface area contributed by atoms with Crippen LogP contribution in [0.1, 0.15) is 30.1 Å². The number of carboxylic acid groups (broad SMARTS) is 1. The van der Waals surface area contributed by atoms with Gasteiger partial charge in [0, 0.05) is 17.0 Å². The molecule has 0 spiro atoms. The lowest BCUT2D eigenvalue weighted by Crippen LogP contribution is -2.39. The Hall–Kier alpha value is -1.69. The van der Waals surface area contributed by atoms with Crippen LogP contribution in [0.15, 0.2) is 24.3 Å². The van der Waals surface area contributed by atoms with Crippen LogP contribution in [0.3, 0.4) is 0 Å². The first-order valence-electron chi connectivity index (χ1n) is 6.51. The molecule has 1 unspecified atom stereocenters. The third-order valence-corrected chi connectivity index (χ3v) is 4.85. The summed E-state index contributed by atoms with van der Waals surface area (Å²) in [7, 11) is 0. The average molecular weight is 294 g/mol. The molecule has 3 N–H and O–H groups in total. The highest BCUT2D eigenvalue weighted by Crippen LogP contribution is 2.36. The van der Waals surface area contributed by atoms with Gasteiger partial charge in [-0.15, -0.1) is 0 Å². The molecule has 0 aromatic heterocycles. The van der Waals surface area contributed by atoms with Gasteiger partial charge in [0.2, 0.25) is 0 Å². The second-order valence-electron chi connectivity index (χ2n) is 5.09. The predicted octanol–water partition coefficient (Wildman–Crippen LogP) is 2.79. The molecule has 1 aliphatic heterocycles. The average Bonchev–Trinajstić information content (AvgIpc) is 2.85. The molecule has 0 radical (unpaired) electrons. The van der Waals surface area contributed by atoms with Crippen molar-refractivity contribution in [3.8, 4) is 0 Å². The van der Waals surface area contributed by atoms with Gasteiger partial charge in [0.25, 0.3) is 0 Å². The third kappa shape index (κ3) is 3.90. The number of aromatic carboxylic acids is 1. The molecule has 1 atom stereocenters. The van der Waals surface area contributed by atoms with Crippen molar-refractivity contribution in [2.45, 2.75) is 24.5 Å². The van der Waals surface area contributed by atoms with E-state index in [1.54, 1.807) is 12.1 Å². The molecule has 1 heterocycles. The van der Waals surface area contributed by atoms with Gasteiger partial charge >= 0.3 is 12.0 Å². The topological polar surface area (TPSA) is 78.4 Å². The molecule has 5 nitrogen and oxygen atoms in total. The van der Waals surface area contributed by atoms with Crippen LogP contribution in [0.5, 0.6) is 0 Å². The molecule has 108 valence electrons. The first-order valence-corrected chi connectivity index (χ1v) is 7.49. The van der Waals surface area contributed by atoms with Crippen LogP contribution in [-0.4, -0.2) is 34.2 Å². The summed E-state index contributed by atoms with van der Waals surface area (Å²) in [6, 6.07) is 5.82. The van der Waals surface area contributed by atoms with Crippen LogP contribution < -0.4 is 10.6 Å².